The van der Waals surface area contributed by atoms with Crippen LogP contribution in [0.1, 0.15) is 0 Å². The number of aromatic nitrogens is 6. The van der Waals surface area contributed by atoms with Gasteiger partial charge in [-0.2, -0.15) is 14.6 Å². The molecule has 2 aromatic rings. The Balaban J connectivity index is 2.48. The minimum Gasteiger partial charge on any atom is -0.368 e. The van der Waals surface area contributed by atoms with Crippen molar-refractivity contribution >= 4 is 5.95 Å². The first kappa shape index (κ1) is 6.65. The maximum absolute atomic E-state index is 5.34. The SMILES string of the molecule is Nc1ncnc(-n2ccnn2)n1. The molecule has 0 saturated heterocycles. The van der Waals surface area contributed by atoms with E-state index in [2.05, 4.69) is 25.3 Å². The van der Waals surface area contributed by atoms with E-state index in [9.17, 15) is 0 Å². The Hall–Kier alpha value is -2.05. The molecular weight excluding hydrogens is 158 g/mol. The summed E-state index contributed by atoms with van der Waals surface area (Å²) < 4.78 is 1.40. The monoisotopic (exact) mass is 163 g/mol. The Labute approximate surface area is 67.3 Å². The second-order valence-corrected chi connectivity index (χ2v) is 1.99. The van der Waals surface area contributed by atoms with E-state index in [1.807, 2.05) is 0 Å². The molecule has 0 fully saturated rings. The molecule has 12 heavy (non-hydrogen) atoms. The van der Waals surface area contributed by atoms with Gasteiger partial charge in [-0.3, -0.25) is 0 Å². The lowest BCUT2D eigenvalue weighted by Gasteiger charge is -1.96. The third-order valence-corrected chi connectivity index (χ3v) is 1.21. The average Bonchev–Trinajstić information content (AvgIpc) is 2.56. The Morgan fingerprint density at radius 1 is 1.33 bits per heavy atom. The summed E-state index contributed by atoms with van der Waals surface area (Å²) in [6.07, 6.45) is 4.47. The second-order valence-electron chi connectivity index (χ2n) is 1.99. The zero-order valence-electron chi connectivity index (χ0n) is 5.99. The second kappa shape index (κ2) is 2.53. The molecule has 0 saturated carbocycles. The quantitative estimate of drug-likeness (QED) is 0.581. The zero-order chi connectivity index (χ0) is 8.39. The summed E-state index contributed by atoms with van der Waals surface area (Å²) in [5.41, 5.74) is 5.34. The number of nitrogen functional groups attached to an aromatic ring is 1. The van der Waals surface area contributed by atoms with E-state index in [0.717, 1.165) is 0 Å². The Morgan fingerprint density at radius 3 is 2.92 bits per heavy atom. The van der Waals surface area contributed by atoms with Gasteiger partial charge in [-0.1, -0.05) is 5.21 Å². The molecule has 0 bridgehead atoms. The van der Waals surface area contributed by atoms with Crippen molar-refractivity contribution in [3.05, 3.63) is 18.7 Å². The minimum atomic E-state index is 0.163. The Bertz CT molecular complexity index is 367. The molecule has 0 aromatic carbocycles. The first-order valence-corrected chi connectivity index (χ1v) is 3.17. The molecule has 7 nitrogen and oxygen atoms in total. The topological polar surface area (TPSA) is 95.4 Å². The predicted octanol–water partition coefficient (Wildman–Crippen LogP) is -0.966. The highest BCUT2D eigenvalue weighted by atomic mass is 15.5. The van der Waals surface area contributed by atoms with Crippen molar-refractivity contribution in [3.8, 4) is 5.95 Å². The summed E-state index contributed by atoms with van der Waals surface area (Å²) in [5, 5.41) is 7.29. The predicted molar refractivity (Wildman–Crippen MR) is 39.2 cm³/mol. The van der Waals surface area contributed by atoms with E-state index in [1.165, 1.54) is 17.2 Å². The minimum absolute atomic E-state index is 0.163. The average molecular weight is 163 g/mol. The van der Waals surface area contributed by atoms with Gasteiger partial charge >= 0.3 is 0 Å². The molecule has 0 aliphatic heterocycles. The number of hydrogen-bond donors (Lipinski definition) is 1. The van der Waals surface area contributed by atoms with E-state index in [0.29, 0.717) is 5.95 Å². The number of nitrogens with zero attached hydrogens (tertiary/aromatic N) is 6. The highest BCUT2D eigenvalue weighted by molar-refractivity contribution is 5.18. The number of hydrogen-bond acceptors (Lipinski definition) is 6. The molecule has 0 spiro atoms. The summed E-state index contributed by atoms with van der Waals surface area (Å²) >= 11 is 0. The molecule has 0 amide bonds. The van der Waals surface area contributed by atoms with Gasteiger partial charge in [0, 0.05) is 0 Å². The third-order valence-electron chi connectivity index (χ3n) is 1.21. The van der Waals surface area contributed by atoms with E-state index in [-0.39, 0.29) is 5.95 Å². The Morgan fingerprint density at radius 2 is 2.25 bits per heavy atom. The van der Waals surface area contributed by atoms with Crippen LogP contribution in [-0.2, 0) is 0 Å². The first-order chi connectivity index (χ1) is 5.86. The number of rotatable bonds is 1. The van der Waals surface area contributed by atoms with Crippen LogP contribution >= 0.6 is 0 Å². The zero-order valence-corrected chi connectivity index (χ0v) is 5.99. The first-order valence-electron chi connectivity index (χ1n) is 3.17. The normalized spacial score (nSPS) is 10.0. The van der Waals surface area contributed by atoms with Gasteiger partial charge in [-0.25, -0.2) is 4.98 Å². The summed E-state index contributed by atoms with van der Waals surface area (Å²) in [6.45, 7) is 0. The van der Waals surface area contributed by atoms with Crippen molar-refractivity contribution in [2.24, 2.45) is 0 Å². The molecule has 0 aliphatic rings. The lowest BCUT2D eigenvalue weighted by molar-refractivity contribution is 0.749. The third kappa shape index (κ3) is 1.07. The molecule has 2 rings (SSSR count). The largest absolute Gasteiger partial charge is 0.368 e. The fourth-order valence-electron chi connectivity index (χ4n) is 0.725. The molecular formula is C5H5N7. The van der Waals surface area contributed by atoms with Crippen LogP contribution in [0, 0.1) is 0 Å². The summed E-state index contributed by atoms with van der Waals surface area (Å²) in [6, 6.07) is 0. The van der Waals surface area contributed by atoms with Crippen molar-refractivity contribution in [1.29, 1.82) is 0 Å². The number of nitrogens with two attached hydrogens (primary N) is 1. The van der Waals surface area contributed by atoms with Crippen molar-refractivity contribution in [1.82, 2.24) is 29.9 Å². The highest BCUT2D eigenvalue weighted by Gasteiger charge is 1.99. The van der Waals surface area contributed by atoms with Gasteiger partial charge in [0.05, 0.1) is 12.4 Å². The molecule has 0 atom stereocenters. The van der Waals surface area contributed by atoms with Crippen molar-refractivity contribution in [3.63, 3.8) is 0 Å². The van der Waals surface area contributed by atoms with E-state index < -0.39 is 0 Å². The lowest BCUT2D eigenvalue weighted by atomic mass is 10.8. The van der Waals surface area contributed by atoms with Crippen molar-refractivity contribution < 1.29 is 0 Å². The molecule has 0 unspecified atom stereocenters. The van der Waals surface area contributed by atoms with Crippen LogP contribution in [0.5, 0.6) is 0 Å². The van der Waals surface area contributed by atoms with Gasteiger partial charge < -0.3 is 5.73 Å². The van der Waals surface area contributed by atoms with Crippen LogP contribution in [0.2, 0.25) is 0 Å². The fraction of sp³-hybridized carbons (Fsp3) is 0. The highest BCUT2D eigenvalue weighted by Crippen LogP contribution is 1.96. The molecule has 7 heteroatoms. The molecule has 2 aromatic heterocycles. The van der Waals surface area contributed by atoms with Gasteiger partial charge in [0.25, 0.3) is 5.95 Å². The van der Waals surface area contributed by atoms with E-state index >= 15 is 0 Å². The smallest absolute Gasteiger partial charge is 0.256 e. The molecule has 2 N–H and O–H groups in total. The maximum atomic E-state index is 5.34. The van der Waals surface area contributed by atoms with Gasteiger partial charge in [0.2, 0.25) is 5.95 Å². The van der Waals surface area contributed by atoms with E-state index in [4.69, 9.17) is 5.73 Å². The van der Waals surface area contributed by atoms with Crippen LogP contribution in [0.15, 0.2) is 18.7 Å². The maximum Gasteiger partial charge on any atom is 0.256 e. The molecule has 0 aliphatic carbocycles. The fourth-order valence-corrected chi connectivity index (χ4v) is 0.725. The molecule has 0 radical (unpaired) electrons. The van der Waals surface area contributed by atoms with E-state index in [1.54, 1.807) is 6.20 Å². The molecule has 2 heterocycles. The van der Waals surface area contributed by atoms with Crippen molar-refractivity contribution in [2.75, 3.05) is 5.73 Å². The number of anilines is 1. The lowest BCUT2D eigenvalue weighted by Crippen LogP contribution is -2.05. The van der Waals surface area contributed by atoms with Crippen LogP contribution in [-0.4, -0.2) is 29.9 Å². The summed E-state index contributed by atoms with van der Waals surface area (Å²) in [7, 11) is 0. The van der Waals surface area contributed by atoms with Crippen LogP contribution in [0.4, 0.5) is 5.95 Å². The molecule has 60 valence electrons. The van der Waals surface area contributed by atoms with Gasteiger partial charge in [0.1, 0.15) is 6.33 Å². The summed E-state index contributed by atoms with van der Waals surface area (Å²) in [4.78, 5) is 11.3. The van der Waals surface area contributed by atoms with Crippen LogP contribution in [0.3, 0.4) is 0 Å². The van der Waals surface area contributed by atoms with Gasteiger partial charge in [-0.05, 0) is 0 Å². The summed E-state index contributed by atoms with van der Waals surface area (Å²) in [5.74, 6) is 0.524. The van der Waals surface area contributed by atoms with Crippen LogP contribution < -0.4 is 5.73 Å². The van der Waals surface area contributed by atoms with Crippen molar-refractivity contribution in [2.45, 2.75) is 0 Å². The standard InChI is InChI=1S/C5H5N7/c6-4-7-3-8-5(10-4)12-2-1-9-11-12/h1-3H,(H2,6,7,8,10). The van der Waals surface area contributed by atoms with Crippen LogP contribution in [0.25, 0.3) is 5.95 Å². The Kier molecular flexibility index (Phi) is 1.40. The van der Waals surface area contributed by atoms with Gasteiger partial charge in [-0.15, -0.1) is 5.10 Å². The van der Waals surface area contributed by atoms with Gasteiger partial charge in [0.15, 0.2) is 0 Å².